The third kappa shape index (κ3) is 5.87. The van der Waals surface area contributed by atoms with Crippen LogP contribution in [0.2, 0.25) is 5.02 Å². The zero-order valence-corrected chi connectivity index (χ0v) is 23.7. The van der Waals surface area contributed by atoms with Crippen LogP contribution >= 0.6 is 22.9 Å². The lowest BCUT2D eigenvalue weighted by Crippen LogP contribution is -2.40. The number of thiazole rings is 1. The highest BCUT2D eigenvalue weighted by Crippen LogP contribution is 2.32. The lowest BCUT2D eigenvalue weighted by atomic mass is 9.96. The molecule has 0 aliphatic carbocycles. The van der Waals surface area contributed by atoms with Crippen molar-refractivity contribution >= 4 is 35.0 Å². The maximum atomic E-state index is 13.8. The number of carbonyl (C=O) groups is 1. The van der Waals surface area contributed by atoms with Crippen molar-refractivity contribution in [1.82, 2.24) is 4.57 Å². The predicted octanol–water partition coefficient (Wildman–Crippen LogP) is 5.03. The van der Waals surface area contributed by atoms with E-state index in [2.05, 4.69) is 4.99 Å². The van der Waals surface area contributed by atoms with Crippen LogP contribution in [0.3, 0.4) is 0 Å². The van der Waals surface area contributed by atoms with Crippen molar-refractivity contribution in [1.29, 1.82) is 0 Å². The third-order valence-corrected chi connectivity index (χ3v) is 7.03. The second kappa shape index (κ2) is 12.0. The molecule has 2 aromatic carbocycles. The largest absolute Gasteiger partial charge is 0.490 e. The highest BCUT2D eigenvalue weighted by atomic mass is 35.5. The second-order valence-corrected chi connectivity index (χ2v) is 10.5. The van der Waals surface area contributed by atoms with E-state index in [-0.39, 0.29) is 11.7 Å². The summed E-state index contributed by atoms with van der Waals surface area (Å²) in [5.74, 6) is 0.787. The van der Waals surface area contributed by atoms with Gasteiger partial charge in [-0.05, 0) is 75.6 Å². The van der Waals surface area contributed by atoms with Gasteiger partial charge in [0.2, 0.25) is 0 Å². The van der Waals surface area contributed by atoms with Gasteiger partial charge in [-0.2, -0.15) is 0 Å². The first-order valence-electron chi connectivity index (χ1n) is 12.6. The lowest BCUT2D eigenvalue weighted by molar-refractivity contribution is -0.143. The van der Waals surface area contributed by atoms with Gasteiger partial charge in [0.05, 0.1) is 41.2 Å². The molecule has 1 aliphatic heterocycles. The number of hydrogen-bond acceptors (Lipinski definition) is 7. The molecule has 4 rings (SSSR count). The summed E-state index contributed by atoms with van der Waals surface area (Å²) in [6, 6.07) is 12.0. The summed E-state index contributed by atoms with van der Waals surface area (Å²) in [6.45, 7) is 10.4. The average molecular weight is 555 g/mol. The summed E-state index contributed by atoms with van der Waals surface area (Å²) < 4.78 is 19.2. The third-order valence-electron chi connectivity index (χ3n) is 5.80. The van der Waals surface area contributed by atoms with E-state index >= 15 is 0 Å². The normalized spacial score (nSPS) is 15.3. The van der Waals surface area contributed by atoms with Gasteiger partial charge in [-0.15, -0.1) is 0 Å². The Hall–Kier alpha value is -3.36. The minimum absolute atomic E-state index is 0.250. The molecule has 7 nitrogen and oxygen atoms in total. The van der Waals surface area contributed by atoms with Crippen LogP contribution < -0.4 is 24.4 Å². The first-order chi connectivity index (χ1) is 18.2. The molecular formula is C29H31ClN2O5S. The summed E-state index contributed by atoms with van der Waals surface area (Å²) >= 11 is 7.41. The molecule has 0 N–H and O–H groups in total. The Morgan fingerprint density at radius 1 is 1.13 bits per heavy atom. The van der Waals surface area contributed by atoms with Gasteiger partial charge in [-0.25, -0.2) is 9.79 Å². The molecule has 1 atom stereocenters. The fourth-order valence-electron chi connectivity index (χ4n) is 4.19. The SMILES string of the molecule is CCCOc1ccc(C=c2sc3n(c2=O)C(c2ccc(Cl)cc2)C(C(=O)OC(C)C)=C(C)N=3)cc1OCC. The summed E-state index contributed by atoms with van der Waals surface area (Å²) in [4.78, 5) is 32.1. The van der Waals surface area contributed by atoms with Crippen LogP contribution in [0.5, 0.6) is 11.5 Å². The van der Waals surface area contributed by atoms with Crippen molar-refractivity contribution in [2.24, 2.45) is 4.99 Å². The highest BCUT2D eigenvalue weighted by molar-refractivity contribution is 7.07. The number of ether oxygens (including phenoxy) is 3. The van der Waals surface area contributed by atoms with E-state index in [4.69, 9.17) is 25.8 Å². The van der Waals surface area contributed by atoms with Crippen LogP contribution in [0.1, 0.15) is 58.2 Å². The molecule has 3 aromatic rings. The molecule has 0 radical (unpaired) electrons. The van der Waals surface area contributed by atoms with Gasteiger partial charge in [0, 0.05) is 5.02 Å². The minimum atomic E-state index is -0.694. The van der Waals surface area contributed by atoms with Crippen LogP contribution in [0, 0.1) is 0 Å². The van der Waals surface area contributed by atoms with Crippen LogP contribution in [-0.2, 0) is 9.53 Å². The molecule has 1 aliphatic rings. The Bertz CT molecular complexity index is 1540. The number of carbonyl (C=O) groups excluding carboxylic acids is 1. The molecule has 0 amide bonds. The van der Waals surface area contributed by atoms with Gasteiger partial charge >= 0.3 is 5.97 Å². The fourth-order valence-corrected chi connectivity index (χ4v) is 5.36. The first-order valence-corrected chi connectivity index (χ1v) is 13.8. The predicted molar refractivity (Wildman–Crippen MR) is 150 cm³/mol. The van der Waals surface area contributed by atoms with Crippen molar-refractivity contribution in [3.63, 3.8) is 0 Å². The molecular weight excluding hydrogens is 524 g/mol. The summed E-state index contributed by atoms with van der Waals surface area (Å²) in [6.07, 6.45) is 2.37. The zero-order valence-electron chi connectivity index (χ0n) is 22.1. The lowest BCUT2D eigenvalue weighted by Gasteiger charge is -2.25. The highest BCUT2D eigenvalue weighted by Gasteiger charge is 2.33. The van der Waals surface area contributed by atoms with E-state index in [0.717, 1.165) is 17.5 Å². The van der Waals surface area contributed by atoms with Crippen molar-refractivity contribution in [3.8, 4) is 11.5 Å². The van der Waals surface area contributed by atoms with E-state index in [1.54, 1.807) is 43.5 Å². The molecule has 0 saturated heterocycles. The monoisotopic (exact) mass is 554 g/mol. The molecule has 2 heterocycles. The molecule has 0 bridgehead atoms. The number of fused-ring (bicyclic) bond motifs is 1. The molecule has 9 heteroatoms. The number of hydrogen-bond donors (Lipinski definition) is 0. The van der Waals surface area contributed by atoms with Gasteiger partial charge in [-0.1, -0.05) is 48.1 Å². The standard InChI is InChI=1S/C29H31ClN2O5S/c1-6-14-36-22-13-8-19(15-23(22)35-7-2)16-24-27(33)32-26(20-9-11-21(30)12-10-20)25(28(34)37-17(3)4)18(5)31-29(32)38-24/h8-13,15-17,26H,6-7,14H2,1-5H3. The number of rotatable bonds is 9. The van der Waals surface area contributed by atoms with Gasteiger partial charge in [0.25, 0.3) is 5.56 Å². The molecule has 0 saturated carbocycles. The number of benzene rings is 2. The Morgan fingerprint density at radius 2 is 1.87 bits per heavy atom. The topological polar surface area (TPSA) is 79.1 Å². The smallest absolute Gasteiger partial charge is 0.338 e. The Morgan fingerprint density at radius 3 is 2.53 bits per heavy atom. The van der Waals surface area contributed by atoms with E-state index in [1.807, 2.05) is 44.2 Å². The quantitative estimate of drug-likeness (QED) is 0.347. The first kappa shape index (κ1) is 27.7. The number of aromatic nitrogens is 1. The Labute approximate surface area is 230 Å². The van der Waals surface area contributed by atoms with Gasteiger partial charge in [0.1, 0.15) is 0 Å². The molecule has 1 unspecified atom stereocenters. The van der Waals surface area contributed by atoms with Crippen molar-refractivity contribution in [2.45, 2.75) is 53.2 Å². The molecule has 1 aromatic heterocycles. The molecule has 0 fully saturated rings. The maximum Gasteiger partial charge on any atom is 0.338 e. The number of halogens is 1. The molecule has 0 spiro atoms. The molecule has 38 heavy (non-hydrogen) atoms. The van der Waals surface area contributed by atoms with Crippen molar-refractivity contribution in [3.05, 3.63) is 89.6 Å². The van der Waals surface area contributed by atoms with E-state index in [9.17, 15) is 9.59 Å². The second-order valence-electron chi connectivity index (χ2n) is 9.08. The zero-order chi connectivity index (χ0) is 27.4. The Balaban J connectivity index is 1.86. The minimum Gasteiger partial charge on any atom is -0.490 e. The van der Waals surface area contributed by atoms with Crippen LogP contribution in [0.25, 0.3) is 6.08 Å². The molecule has 200 valence electrons. The number of allylic oxidation sites excluding steroid dienone is 1. The summed E-state index contributed by atoms with van der Waals surface area (Å²) in [7, 11) is 0. The van der Waals surface area contributed by atoms with E-state index in [0.29, 0.717) is 50.3 Å². The van der Waals surface area contributed by atoms with E-state index in [1.165, 1.54) is 11.3 Å². The van der Waals surface area contributed by atoms with Crippen LogP contribution in [-0.4, -0.2) is 29.9 Å². The maximum absolute atomic E-state index is 13.8. The van der Waals surface area contributed by atoms with Crippen molar-refractivity contribution in [2.75, 3.05) is 13.2 Å². The number of nitrogens with zero attached hydrogens (tertiary/aromatic N) is 2. The van der Waals surface area contributed by atoms with Gasteiger partial charge < -0.3 is 14.2 Å². The van der Waals surface area contributed by atoms with E-state index < -0.39 is 12.0 Å². The van der Waals surface area contributed by atoms with Gasteiger partial charge in [-0.3, -0.25) is 9.36 Å². The average Bonchev–Trinajstić information content (AvgIpc) is 3.17. The Kier molecular flexibility index (Phi) is 8.74. The summed E-state index contributed by atoms with van der Waals surface area (Å²) in [5, 5.41) is 0.560. The fraction of sp³-hybridized carbons (Fsp3) is 0.345. The summed E-state index contributed by atoms with van der Waals surface area (Å²) in [5.41, 5.74) is 2.12. The van der Waals surface area contributed by atoms with Crippen LogP contribution in [0.15, 0.2) is 63.5 Å². The van der Waals surface area contributed by atoms with Crippen molar-refractivity contribution < 1.29 is 19.0 Å². The number of esters is 1. The van der Waals surface area contributed by atoms with Crippen LogP contribution in [0.4, 0.5) is 0 Å². The van der Waals surface area contributed by atoms with Gasteiger partial charge in [0.15, 0.2) is 16.3 Å².